The van der Waals surface area contributed by atoms with Crippen LogP contribution in [0.2, 0.25) is 0 Å². The molecule has 0 atom stereocenters. The first-order valence-electron chi connectivity index (χ1n) is 9.37. The lowest BCUT2D eigenvalue weighted by molar-refractivity contribution is 0.411. The molecule has 0 saturated heterocycles. The zero-order valence-corrected chi connectivity index (χ0v) is 17.7. The van der Waals surface area contributed by atoms with Gasteiger partial charge in [-0.05, 0) is 73.2 Å². The smallest absolute Gasteiger partial charge is 0.261 e. The molecule has 0 aliphatic heterocycles. The molecule has 1 N–H and O–H groups in total. The number of nitrogens with one attached hydrogen (secondary N) is 1. The maximum atomic E-state index is 12.7. The summed E-state index contributed by atoms with van der Waals surface area (Å²) in [4.78, 5) is 0.157. The molecule has 8 nitrogen and oxygen atoms in total. The van der Waals surface area contributed by atoms with Crippen molar-refractivity contribution in [3.8, 4) is 23.2 Å². The van der Waals surface area contributed by atoms with Crippen LogP contribution >= 0.6 is 0 Å². The van der Waals surface area contributed by atoms with E-state index in [1.54, 1.807) is 62.6 Å². The molecular formula is C22H20N4O4S. The Morgan fingerprint density at radius 2 is 1.68 bits per heavy atom. The second-order valence-corrected chi connectivity index (χ2v) is 8.37. The van der Waals surface area contributed by atoms with Crippen LogP contribution in [0.4, 0.5) is 5.69 Å². The van der Waals surface area contributed by atoms with E-state index in [2.05, 4.69) is 14.9 Å². The van der Waals surface area contributed by atoms with Crippen molar-refractivity contribution in [3.63, 3.8) is 0 Å². The van der Waals surface area contributed by atoms with Gasteiger partial charge in [0.25, 0.3) is 10.0 Å². The minimum absolute atomic E-state index is 0.157. The Morgan fingerprint density at radius 3 is 2.29 bits per heavy atom. The summed E-state index contributed by atoms with van der Waals surface area (Å²) in [6.07, 6.45) is 3.75. The second-order valence-electron chi connectivity index (χ2n) is 6.68. The number of methoxy groups -OCH3 is 1. The highest BCUT2D eigenvalue weighted by atomic mass is 32.2. The minimum Gasteiger partial charge on any atom is -0.496 e. The van der Waals surface area contributed by atoms with Crippen molar-refractivity contribution in [1.82, 2.24) is 14.8 Å². The highest BCUT2D eigenvalue weighted by Crippen LogP contribution is 2.25. The lowest BCUT2D eigenvalue weighted by Gasteiger charge is -2.11. The Labute approximate surface area is 180 Å². The van der Waals surface area contributed by atoms with E-state index in [4.69, 9.17) is 9.47 Å². The molecule has 4 rings (SSSR count). The van der Waals surface area contributed by atoms with Crippen molar-refractivity contribution < 1.29 is 17.9 Å². The first kappa shape index (κ1) is 20.4. The van der Waals surface area contributed by atoms with Crippen LogP contribution in [0.15, 0.2) is 84.0 Å². The Hall–Kier alpha value is -3.85. The SMILES string of the molecule is COc1ccc(S(=O)(=O)Nc2ccc(Oc3ccc(-n4cccc4)nn3)cc2)cc1C. The summed E-state index contributed by atoms with van der Waals surface area (Å²) in [5, 5.41) is 8.18. The third-order valence-corrected chi connectivity index (χ3v) is 5.88. The van der Waals surface area contributed by atoms with E-state index >= 15 is 0 Å². The Bertz CT molecular complexity index is 1270. The van der Waals surface area contributed by atoms with Gasteiger partial charge in [0.05, 0.1) is 12.0 Å². The Kier molecular flexibility index (Phi) is 5.59. The molecular weight excluding hydrogens is 416 g/mol. The standard InChI is InChI=1S/C22H20N4O4S/c1-16-15-19(9-10-20(16)29-2)31(27,28)25-17-5-7-18(8-6-17)30-22-12-11-21(23-24-22)26-13-3-4-14-26/h3-15,25H,1-2H3. The number of nitrogens with zero attached hydrogens (tertiary/aromatic N) is 3. The van der Waals surface area contributed by atoms with E-state index in [9.17, 15) is 8.42 Å². The zero-order chi connectivity index (χ0) is 21.8. The molecule has 2 aromatic carbocycles. The van der Waals surface area contributed by atoms with Crippen molar-refractivity contribution in [2.45, 2.75) is 11.8 Å². The molecule has 2 heterocycles. The van der Waals surface area contributed by atoms with Gasteiger partial charge in [0, 0.05) is 24.1 Å². The summed E-state index contributed by atoms with van der Waals surface area (Å²) >= 11 is 0. The molecule has 158 valence electrons. The molecule has 0 amide bonds. The molecule has 2 aromatic heterocycles. The van der Waals surface area contributed by atoms with Crippen molar-refractivity contribution in [2.24, 2.45) is 0 Å². The number of aromatic nitrogens is 3. The molecule has 4 aromatic rings. The summed E-state index contributed by atoms with van der Waals surface area (Å²) in [5.41, 5.74) is 1.15. The third kappa shape index (κ3) is 4.67. The molecule has 0 saturated carbocycles. The largest absolute Gasteiger partial charge is 0.496 e. The van der Waals surface area contributed by atoms with Gasteiger partial charge in [-0.1, -0.05) is 0 Å². The van der Waals surface area contributed by atoms with E-state index in [1.807, 2.05) is 29.1 Å². The summed E-state index contributed by atoms with van der Waals surface area (Å²) < 4.78 is 40.6. The maximum absolute atomic E-state index is 12.7. The molecule has 0 radical (unpaired) electrons. The van der Waals surface area contributed by atoms with Crippen molar-refractivity contribution in [2.75, 3.05) is 11.8 Å². The first-order valence-corrected chi connectivity index (χ1v) is 10.9. The fraction of sp³-hybridized carbons (Fsp3) is 0.0909. The molecule has 0 fully saturated rings. The minimum atomic E-state index is -3.73. The van der Waals surface area contributed by atoms with Gasteiger partial charge < -0.3 is 14.0 Å². The second kappa shape index (κ2) is 8.49. The highest BCUT2D eigenvalue weighted by Gasteiger charge is 2.16. The van der Waals surface area contributed by atoms with Gasteiger partial charge in [-0.15, -0.1) is 10.2 Å². The number of sulfonamides is 1. The van der Waals surface area contributed by atoms with Gasteiger partial charge in [0.1, 0.15) is 11.5 Å². The van der Waals surface area contributed by atoms with Gasteiger partial charge >= 0.3 is 0 Å². The van der Waals surface area contributed by atoms with Gasteiger partial charge in [-0.25, -0.2) is 8.42 Å². The third-order valence-electron chi connectivity index (χ3n) is 4.50. The van der Waals surface area contributed by atoms with Gasteiger partial charge in [-0.3, -0.25) is 4.72 Å². The molecule has 0 unspecified atom stereocenters. The lowest BCUT2D eigenvalue weighted by Crippen LogP contribution is -2.13. The molecule has 0 aliphatic carbocycles. The van der Waals surface area contributed by atoms with E-state index < -0.39 is 10.0 Å². The number of benzene rings is 2. The molecule has 0 bridgehead atoms. The quantitative estimate of drug-likeness (QED) is 0.467. The molecule has 9 heteroatoms. The van der Waals surface area contributed by atoms with Gasteiger partial charge in [-0.2, -0.15) is 0 Å². The first-order chi connectivity index (χ1) is 14.9. The van der Waals surface area contributed by atoms with E-state index in [0.717, 1.165) is 5.56 Å². The predicted octanol–water partition coefficient (Wildman–Crippen LogP) is 4.18. The summed E-state index contributed by atoms with van der Waals surface area (Å²) in [5.74, 6) is 2.14. The Balaban J connectivity index is 1.44. The van der Waals surface area contributed by atoms with Crippen LogP contribution < -0.4 is 14.2 Å². The van der Waals surface area contributed by atoms with Crippen LogP contribution in [0, 0.1) is 6.92 Å². The van der Waals surface area contributed by atoms with Crippen LogP contribution in [0.3, 0.4) is 0 Å². The predicted molar refractivity (Wildman–Crippen MR) is 116 cm³/mol. The number of anilines is 1. The van der Waals surface area contributed by atoms with Crippen LogP contribution in [-0.2, 0) is 10.0 Å². The van der Waals surface area contributed by atoms with E-state index in [-0.39, 0.29) is 4.90 Å². The topological polar surface area (TPSA) is 95.3 Å². The number of hydrogen-bond donors (Lipinski definition) is 1. The van der Waals surface area contributed by atoms with Crippen LogP contribution in [0.25, 0.3) is 5.82 Å². The normalized spacial score (nSPS) is 11.2. The molecule has 0 spiro atoms. The average molecular weight is 436 g/mol. The number of ether oxygens (including phenoxy) is 2. The lowest BCUT2D eigenvalue weighted by atomic mass is 10.2. The average Bonchev–Trinajstić information content (AvgIpc) is 3.30. The van der Waals surface area contributed by atoms with Crippen molar-refractivity contribution in [3.05, 3.63) is 84.7 Å². The summed E-state index contributed by atoms with van der Waals surface area (Å²) in [6, 6.07) is 18.5. The van der Waals surface area contributed by atoms with E-state index in [1.165, 1.54) is 6.07 Å². The van der Waals surface area contributed by atoms with Gasteiger partial charge in [0.15, 0.2) is 5.82 Å². The van der Waals surface area contributed by atoms with Crippen LogP contribution in [-0.4, -0.2) is 30.3 Å². The van der Waals surface area contributed by atoms with Crippen molar-refractivity contribution in [1.29, 1.82) is 0 Å². The van der Waals surface area contributed by atoms with Crippen molar-refractivity contribution >= 4 is 15.7 Å². The molecule has 0 aliphatic rings. The zero-order valence-electron chi connectivity index (χ0n) is 16.9. The van der Waals surface area contributed by atoms with E-state index in [0.29, 0.717) is 28.9 Å². The fourth-order valence-electron chi connectivity index (χ4n) is 2.94. The number of hydrogen-bond acceptors (Lipinski definition) is 6. The number of rotatable bonds is 7. The molecule has 31 heavy (non-hydrogen) atoms. The van der Waals surface area contributed by atoms with Crippen LogP contribution in [0.5, 0.6) is 17.4 Å². The fourth-order valence-corrected chi connectivity index (χ4v) is 4.08. The summed E-state index contributed by atoms with van der Waals surface area (Å²) in [6.45, 7) is 1.79. The van der Waals surface area contributed by atoms with Gasteiger partial charge in [0.2, 0.25) is 5.88 Å². The maximum Gasteiger partial charge on any atom is 0.261 e. The number of aryl methyl sites for hydroxylation is 1. The monoisotopic (exact) mass is 436 g/mol. The summed E-state index contributed by atoms with van der Waals surface area (Å²) in [7, 11) is -2.19. The Morgan fingerprint density at radius 1 is 0.935 bits per heavy atom. The highest BCUT2D eigenvalue weighted by molar-refractivity contribution is 7.92. The van der Waals surface area contributed by atoms with Crippen LogP contribution in [0.1, 0.15) is 5.56 Å².